The minimum atomic E-state index is -0.554. The summed E-state index contributed by atoms with van der Waals surface area (Å²) >= 11 is 9.83. The molecule has 2 fully saturated rings. The van der Waals surface area contributed by atoms with Crippen molar-refractivity contribution in [3.05, 3.63) is 46.8 Å². The first-order valence-electron chi connectivity index (χ1n) is 14.5. The number of piperidine rings is 2. The van der Waals surface area contributed by atoms with Crippen LogP contribution in [0.2, 0.25) is 5.02 Å². The largest absolute Gasteiger partial charge is 0.444 e. The number of anilines is 2. The third-order valence-electron chi connectivity index (χ3n) is 8.21. The molecule has 3 aromatic heterocycles. The first-order chi connectivity index (χ1) is 20.5. The second-order valence-electron chi connectivity index (χ2n) is 12.4. The van der Waals surface area contributed by atoms with Gasteiger partial charge in [-0.2, -0.15) is 5.10 Å². The van der Waals surface area contributed by atoms with Gasteiger partial charge in [0.25, 0.3) is 0 Å². The number of amides is 1. The molecule has 0 bridgehead atoms. The lowest BCUT2D eigenvalue weighted by Crippen LogP contribution is -2.62. The van der Waals surface area contributed by atoms with E-state index in [-0.39, 0.29) is 17.6 Å². The minimum absolute atomic E-state index is 0.0267. The van der Waals surface area contributed by atoms with Crippen LogP contribution in [0.4, 0.5) is 15.7 Å². The summed E-state index contributed by atoms with van der Waals surface area (Å²) in [7, 11) is 1.89. The molecule has 13 heteroatoms. The second-order valence-corrected chi connectivity index (χ2v) is 14.7. The summed E-state index contributed by atoms with van der Waals surface area (Å²) in [5.41, 5.74) is 1.31. The molecule has 1 N–H and O–H groups in total. The van der Waals surface area contributed by atoms with Crippen molar-refractivity contribution in [2.45, 2.75) is 68.5 Å². The molecular formula is C30H37ClN8O2S2. The molecule has 2 aliphatic heterocycles. The Hall–Kier alpha value is -3.09. The van der Waals surface area contributed by atoms with Crippen LogP contribution in [0.25, 0.3) is 10.9 Å². The Morgan fingerprint density at radius 3 is 2.53 bits per heavy atom. The monoisotopic (exact) mass is 640 g/mol. The van der Waals surface area contributed by atoms with Crippen molar-refractivity contribution in [3.63, 3.8) is 0 Å². The third kappa shape index (κ3) is 6.56. The Kier molecular flexibility index (Phi) is 8.20. The van der Waals surface area contributed by atoms with Crippen LogP contribution in [0, 0.1) is 12.3 Å². The predicted octanol–water partition coefficient (Wildman–Crippen LogP) is 6.32. The Labute approximate surface area is 265 Å². The molecule has 0 saturated carbocycles. The normalized spacial score (nSPS) is 18.8. The zero-order chi connectivity index (χ0) is 30.4. The van der Waals surface area contributed by atoms with Crippen LogP contribution < -0.4 is 15.1 Å². The first-order valence-corrected chi connectivity index (χ1v) is 16.6. The highest BCUT2D eigenvalue weighted by Gasteiger charge is 2.46. The van der Waals surface area contributed by atoms with Gasteiger partial charge in [-0.25, -0.2) is 19.7 Å². The number of rotatable bonds is 5. The van der Waals surface area contributed by atoms with E-state index in [1.165, 1.54) is 11.8 Å². The molecule has 1 atom stereocenters. The number of carbonyl (C=O) groups is 1. The molecule has 1 spiro atoms. The molecule has 43 heavy (non-hydrogen) atoms. The summed E-state index contributed by atoms with van der Waals surface area (Å²) in [5.74, 6) is 0.861. The van der Waals surface area contributed by atoms with Crippen LogP contribution in [0.3, 0.4) is 0 Å². The van der Waals surface area contributed by atoms with Gasteiger partial charge in [-0.3, -0.25) is 4.68 Å². The Morgan fingerprint density at radius 1 is 1.14 bits per heavy atom. The number of hydrogen-bond donors (Lipinski definition) is 1. The number of nitrogens with zero attached hydrogens (tertiary/aromatic N) is 7. The number of fused-ring (bicyclic) bond motifs is 1. The summed E-state index contributed by atoms with van der Waals surface area (Å²) in [6.45, 7) is 11.0. The predicted molar refractivity (Wildman–Crippen MR) is 173 cm³/mol. The van der Waals surface area contributed by atoms with Crippen LogP contribution in [-0.4, -0.2) is 68.6 Å². The zero-order valence-electron chi connectivity index (χ0n) is 25.1. The van der Waals surface area contributed by atoms with Crippen molar-refractivity contribution in [1.29, 1.82) is 0 Å². The minimum Gasteiger partial charge on any atom is -0.444 e. The number of thiazole rings is 1. The Bertz CT molecular complexity index is 1610. The second kappa shape index (κ2) is 11.8. The number of ether oxygens (including phenoxy) is 1. The van der Waals surface area contributed by atoms with Gasteiger partial charge in [0.05, 0.1) is 34.7 Å². The highest BCUT2D eigenvalue weighted by molar-refractivity contribution is 7.99. The van der Waals surface area contributed by atoms with E-state index >= 15 is 0 Å². The van der Waals surface area contributed by atoms with E-state index < -0.39 is 5.60 Å². The number of nitrogens with one attached hydrogen (secondary N) is 1. The number of aryl methyl sites for hydroxylation is 2. The molecule has 1 amide bonds. The van der Waals surface area contributed by atoms with E-state index in [9.17, 15) is 4.79 Å². The van der Waals surface area contributed by atoms with Gasteiger partial charge >= 0.3 is 6.09 Å². The van der Waals surface area contributed by atoms with Crippen LogP contribution >= 0.6 is 34.7 Å². The first kappa shape index (κ1) is 30.0. The lowest BCUT2D eigenvalue weighted by atomic mass is 9.68. The highest BCUT2D eigenvalue weighted by atomic mass is 35.5. The molecule has 0 radical (unpaired) electrons. The summed E-state index contributed by atoms with van der Waals surface area (Å²) in [6.07, 6.45) is 8.09. The van der Waals surface area contributed by atoms with Crippen molar-refractivity contribution in [3.8, 4) is 0 Å². The maximum absolute atomic E-state index is 12.9. The van der Waals surface area contributed by atoms with Gasteiger partial charge in [0.15, 0.2) is 5.13 Å². The smallest absolute Gasteiger partial charge is 0.407 e. The molecular weight excluding hydrogens is 604 g/mol. The standard InChI is InChI=1S/C30H37ClN8O2S2/c1-19-18-42-27(34-19)39-13-10-30(23(17-39)35-28(40)41-29(2,3)4)8-11-38(12-9-30)24-14-33-25(15-32-24)43-22-7-6-21-20(26(22)31)16-37(5)36-21/h6-7,14-16,18,23H,8-13,17H2,1-5H3,(H,35,40). The molecule has 1 unspecified atom stereocenters. The SMILES string of the molecule is Cc1csc(N2CCC3(CCN(c4cnc(Sc5ccc6nn(C)cc6c5Cl)cn4)CC3)C(NC(=O)OC(C)(C)C)C2)n1. The Morgan fingerprint density at radius 2 is 1.88 bits per heavy atom. The van der Waals surface area contributed by atoms with Crippen LogP contribution in [0.5, 0.6) is 0 Å². The quantitative estimate of drug-likeness (QED) is 0.268. The topological polar surface area (TPSA) is 101 Å². The van der Waals surface area contributed by atoms with Crippen LogP contribution in [0.15, 0.2) is 46.0 Å². The summed E-state index contributed by atoms with van der Waals surface area (Å²) in [4.78, 5) is 32.6. The number of carbonyl (C=O) groups excluding carboxylic acids is 1. The maximum Gasteiger partial charge on any atom is 0.407 e. The van der Waals surface area contributed by atoms with Gasteiger partial charge in [-0.05, 0) is 64.5 Å². The average molecular weight is 641 g/mol. The van der Waals surface area contributed by atoms with Gasteiger partial charge < -0.3 is 19.9 Å². The van der Waals surface area contributed by atoms with E-state index in [0.29, 0.717) is 11.6 Å². The van der Waals surface area contributed by atoms with Crippen molar-refractivity contribution in [2.24, 2.45) is 12.5 Å². The van der Waals surface area contributed by atoms with Gasteiger partial charge in [0.1, 0.15) is 16.4 Å². The van der Waals surface area contributed by atoms with Crippen molar-refractivity contribution in [1.82, 2.24) is 30.0 Å². The fourth-order valence-electron chi connectivity index (χ4n) is 6.00. The number of alkyl carbamates (subject to hydrolysis) is 1. The van der Waals surface area contributed by atoms with Gasteiger partial charge in [0.2, 0.25) is 0 Å². The number of aromatic nitrogens is 5. The number of benzene rings is 1. The molecule has 0 aliphatic carbocycles. The molecule has 2 aliphatic rings. The van der Waals surface area contributed by atoms with E-state index in [1.807, 2.05) is 65.5 Å². The third-order valence-corrected chi connectivity index (χ3v) is 10.7. The van der Waals surface area contributed by atoms with E-state index in [0.717, 1.165) is 76.4 Å². The summed E-state index contributed by atoms with van der Waals surface area (Å²) < 4.78 is 7.44. The van der Waals surface area contributed by atoms with Crippen LogP contribution in [0.1, 0.15) is 45.7 Å². The molecule has 5 heterocycles. The highest BCUT2D eigenvalue weighted by Crippen LogP contribution is 2.44. The molecule has 228 valence electrons. The van der Waals surface area contributed by atoms with Gasteiger partial charge in [0, 0.05) is 55.1 Å². The lowest BCUT2D eigenvalue weighted by Gasteiger charge is -2.51. The molecule has 6 rings (SSSR count). The van der Waals surface area contributed by atoms with Gasteiger partial charge in [-0.1, -0.05) is 23.4 Å². The maximum atomic E-state index is 12.9. The molecule has 10 nitrogen and oxygen atoms in total. The summed E-state index contributed by atoms with van der Waals surface area (Å²) in [6, 6.07) is 3.90. The van der Waals surface area contributed by atoms with Gasteiger partial charge in [-0.15, -0.1) is 11.3 Å². The average Bonchev–Trinajstić information content (AvgIpc) is 3.57. The lowest BCUT2D eigenvalue weighted by molar-refractivity contribution is 0.0379. The zero-order valence-corrected chi connectivity index (χ0v) is 27.5. The van der Waals surface area contributed by atoms with Crippen LogP contribution in [-0.2, 0) is 11.8 Å². The van der Waals surface area contributed by atoms with Crippen molar-refractivity contribution < 1.29 is 9.53 Å². The van der Waals surface area contributed by atoms with E-state index in [1.54, 1.807) is 16.0 Å². The van der Waals surface area contributed by atoms with Crippen molar-refractivity contribution in [2.75, 3.05) is 36.0 Å². The Balaban J connectivity index is 1.13. The molecule has 2 saturated heterocycles. The fourth-order valence-corrected chi connectivity index (χ4v) is 7.94. The number of hydrogen-bond acceptors (Lipinski definition) is 10. The molecule has 1 aromatic carbocycles. The number of halogens is 1. The molecule has 4 aromatic rings. The fraction of sp³-hybridized carbons (Fsp3) is 0.500. The van der Waals surface area contributed by atoms with E-state index in [4.69, 9.17) is 31.3 Å². The van der Waals surface area contributed by atoms with Crippen molar-refractivity contribution >= 4 is 62.6 Å². The summed E-state index contributed by atoms with van der Waals surface area (Å²) in [5, 5.41) is 13.2. The van der Waals surface area contributed by atoms with E-state index in [2.05, 4.69) is 25.6 Å².